The van der Waals surface area contributed by atoms with Crippen molar-refractivity contribution in [3.05, 3.63) is 34.3 Å². The van der Waals surface area contributed by atoms with Crippen molar-refractivity contribution >= 4 is 22.7 Å². The minimum absolute atomic E-state index is 0.238. The van der Waals surface area contributed by atoms with Crippen molar-refractivity contribution in [2.45, 2.75) is 26.7 Å². The fraction of sp³-hybridized carbons (Fsp3) is 0.385. The molecule has 84 valence electrons. The first-order valence-corrected chi connectivity index (χ1v) is 6.30. The third kappa shape index (κ3) is 2.00. The molecule has 1 aromatic rings. The zero-order chi connectivity index (χ0) is 11.7. The number of rotatable bonds is 2. The molecule has 0 aliphatic heterocycles. The lowest BCUT2D eigenvalue weighted by atomic mass is 9.79. The third-order valence-electron chi connectivity index (χ3n) is 3.19. The summed E-state index contributed by atoms with van der Waals surface area (Å²) in [6.45, 7) is 7.87. The van der Waals surface area contributed by atoms with E-state index in [0.29, 0.717) is 6.42 Å². The number of allylic oxidation sites excluding steroid dienone is 3. The van der Waals surface area contributed by atoms with Gasteiger partial charge < -0.3 is 0 Å². The Morgan fingerprint density at radius 3 is 2.88 bits per heavy atom. The minimum Gasteiger partial charge on any atom is -0.295 e. The van der Waals surface area contributed by atoms with Crippen LogP contribution in [-0.2, 0) is 4.79 Å². The van der Waals surface area contributed by atoms with Gasteiger partial charge in [0.15, 0.2) is 5.78 Å². The highest BCUT2D eigenvalue weighted by molar-refractivity contribution is 7.07. The maximum atomic E-state index is 11.9. The number of Topliss-reactive ketones (excluding diaryl/α,β-unsaturated/α-hetero) is 1. The largest absolute Gasteiger partial charge is 0.295 e. The van der Waals surface area contributed by atoms with Crippen LogP contribution < -0.4 is 0 Å². The SMILES string of the molecule is C=C(C)C1CC(=O)C(C)=C(c2cscn2)C1. The van der Waals surface area contributed by atoms with Crippen LogP contribution in [0.1, 0.15) is 32.4 Å². The topological polar surface area (TPSA) is 30.0 Å². The fourth-order valence-electron chi connectivity index (χ4n) is 2.02. The molecule has 0 radical (unpaired) electrons. The van der Waals surface area contributed by atoms with Gasteiger partial charge in [0.1, 0.15) is 0 Å². The lowest BCUT2D eigenvalue weighted by molar-refractivity contribution is -0.116. The predicted molar refractivity (Wildman–Crippen MR) is 67.3 cm³/mol. The summed E-state index contributed by atoms with van der Waals surface area (Å²) in [4.78, 5) is 16.2. The maximum Gasteiger partial charge on any atom is 0.159 e. The van der Waals surface area contributed by atoms with E-state index >= 15 is 0 Å². The Hall–Kier alpha value is -1.22. The first kappa shape index (κ1) is 11.3. The van der Waals surface area contributed by atoms with Gasteiger partial charge in [0.25, 0.3) is 0 Å². The van der Waals surface area contributed by atoms with Crippen molar-refractivity contribution in [2.75, 3.05) is 0 Å². The first-order chi connectivity index (χ1) is 7.59. The van der Waals surface area contributed by atoms with Crippen LogP contribution in [0.4, 0.5) is 0 Å². The fourth-order valence-corrected chi connectivity index (χ4v) is 2.59. The zero-order valence-electron chi connectivity index (χ0n) is 9.62. The zero-order valence-corrected chi connectivity index (χ0v) is 10.4. The summed E-state index contributed by atoms with van der Waals surface area (Å²) < 4.78 is 0. The molecule has 1 aromatic heterocycles. The van der Waals surface area contributed by atoms with Crippen molar-refractivity contribution in [1.82, 2.24) is 4.98 Å². The molecule has 1 atom stereocenters. The molecule has 0 amide bonds. The van der Waals surface area contributed by atoms with E-state index in [-0.39, 0.29) is 11.7 Å². The highest BCUT2D eigenvalue weighted by Gasteiger charge is 2.26. The number of thiazole rings is 1. The van der Waals surface area contributed by atoms with Gasteiger partial charge in [-0.25, -0.2) is 4.98 Å². The summed E-state index contributed by atoms with van der Waals surface area (Å²) in [7, 11) is 0. The molecule has 0 bridgehead atoms. The van der Waals surface area contributed by atoms with Crippen LogP contribution >= 0.6 is 11.3 Å². The molecule has 0 spiro atoms. The standard InChI is InChI=1S/C13H15NOS/c1-8(2)10-4-11(9(3)13(15)5-10)12-6-16-7-14-12/h6-7,10H,1,4-5H2,2-3H3. The minimum atomic E-state index is 0.238. The molecular formula is C13H15NOS. The van der Waals surface area contributed by atoms with Gasteiger partial charge in [0, 0.05) is 11.8 Å². The summed E-state index contributed by atoms with van der Waals surface area (Å²) in [5, 5.41) is 2.01. The van der Waals surface area contributed by atoms with Crippen LogP contribution in [0.25, 0.3) is 5.57 Å². The van der Waals surface area contributed by atoms with Crippen LogP contribution in [0, 0.1) is 5.92 Å². The van der Waals surface area contributed by atoms with Gasteiger partial charge in [-0.15, -0.1) is 11.3 Å². The highest BCUT2D eigenvalue weighted by Crippen LogP contribution is 2.36. The van der Waals surface area contributed by atoms with Crippen LogP contribution in [-0.4, -0.2) is 10.8 Å². The average Bonchev–Trinajstić information content (AvgIpc) is 2.74. The van der Waals surface area contributed by atoms with Crippen molar-refractivity contribution in [1.29, 1.82) is 0 Å². The van der Waals surface area contributed by atoms with E-state index in [0.717, 1.165) is 28.8 Å². The molecule has 1 aliphatic carbocycles. The molecule has 1 heterocycles. The second kappa shape index (κ2) is 4.34. The third-order valence-corrected chi connectivity index (χ3v) is 3.78. The summed E-state index contributed by atoms with van der Waals surface area (Å²) in [5.41, 5.74) is 5.84. The molecule has 0 saturated heterocycles. The van der Waals surface area contributed by atoms with Crippen LogP contribution in [0.3, 0.4) is 0 Å². The lowest BCUT2D eigenvalue weighted by Crippen LogP contribution is -2.18. The van der Waals surface area contributed by atoms with E-state index in [1.807, 2.05) is 24.7 Å². The Bertz CT molecular complexity index is 456. The summed E-state index contributed by atoms with van der Waals surface area (Å²) in [6.07, 6.45) is 1.51. The van der Waals surface area contributed by atoms with E-state index in [9.17, 15) is 4.79 Å². The molecule has 0 N–H and O–H groups in total. The number of ketones is 1. The quantitative estimate of drug-likeness (QED) is 0.732. The number of nitrogens with zero attached hydrogens (tertiary/aromatic N) is 1. The highest BCUT2D eigenvalue weighted by atomic mass is 32.1. The Morgan fingerprint density at radius 2 is 2.31 bits per heavy atom. The van der Waals surface area contributed by atoms with Crippen LogP contribution in [0.2, 0.25) is 0 Å². The number of hydrogen-bond donors (Lipinski definition) is 0. The van der Waals surface area contributed by atoms with E-state index in [1.165, 1.54) is 0 Å². The number of carbonyl (C=O) groups excluding carboxylic acids is 1. The molecular weight excluding hydrogens is 218 g/mol. The van der Waals surface area contributed by atoms with Gasteiger partial charge in [0.05, 0.1) is 11.2 Å². The molecule has 0 saturated carbocycles. The van der Waals surface area contributed by atoms with Crippen molar-refractivity contribution < 1.29 is 4.79 Å². The van der Waals surface area contributed by atoms with Gasteiger partial charge in [-0.05, 0) is 37.3 Å². The molecule has 2 nitrogen and oxygen atoms in total. The molecule has 16 heavy (non-hydrogen) atoms. The smallest absolute Gasteiger partial charge is 0.159 e. The number of carbonyl (C=O) groups is 1. The number of hydrogen-bond acceptors (Lipinski definition) is 3. The summed E-state index contributed by atoms with van der Waals surface area (Å²) in [6, 6.07) is 0. The summed E-state index contributed by atoms with van der Waals surface area (Å²) >= 11 is 1.57. The van der Waals surface area contributed by atoms with E-state index in [1.54, 1.807) is 11.3 Å². The summed E-state index contributed by atoms with van der Waals surface area (Å²) in [5.74, 6) is 0.523. The van der Waals surface area contributed by atoms with E-state index < -0.39 is 0 Å². The lowest BCUT2D eigenvalue weighted by Gasteiger charge is -2.24. The Balaban J connectivity index is 2.38. The van der Waals surface area contributed by atoms with Gasteiger partial charge in [-0.3, -0.25) is 4.79 Å². The van der Waals surface area contributed by atoms with Crippen LogP contribution in [0.15, 0.2) is 28.6 Å². The molecule has 0 fully saturated rings. The first-order valence-electron chi connectivity index (χ1n) is 5.36. The van der Waals surface area contributed by atoms with Crippen LogP contribution in [0.5, 0.6) is 0 Å². The number of aromatic nitrogens is 1. The van der Waals surface area contributed by atoms with Crippen molar-refractivity contribution in [3.63, 3.8) is 0 Å². The molecule has 0 aromatic carbocycles. The van der Waals surface area contributed by atoms with Gasteiger partial charge in [-0.2, -0.15) is 0 Å². The normalized spacial score (nSPS) is 21.4. The predicted octanol–water partition coefficient (Wildman–Crippen LogP) is 3.47. The Kier molecular flexibility index (Phi) is 3.06. The Labute approximate surface area is 99.7 Å². The van der Waals surface area contributed by atoms with Gasteiger partial charge >= 0.3 is 0 Å². The van der Waals surface area contributed by atoms with Crippen molar-refractivity contribution in [2.24, 2.45) is 5.92 Å². The average molecular weight is 233 g/mol. The molecule has 1 aliphatic rings. The molecule has 1 unspecified atom stereocenters. The second-order valence-corrected chi connectivity index (χ2v) is 5.07. The molecule has 3 heteroatoms. The monoisotopic (exact) mass is 233 g/mol. The Morgan fingerprint density at radius 1 is 1.56 bits per heavy atom. The van der Waals surface area contributed by atoms with E-state index in [4.69, 9.17) is 0 Å². The maximum absolute atomic E-state index is 11.9. The van der Waals surface area contributed by atoms with Crippen molar-refractivity contribution in [3.8, 4) is 0 Å². The van der Waals surface area contributed by atoms with Gasteiger partial charge in [-0.1, -0.05) is 12.2 Å². The van der Waals surface area contributed by atoms with Gasteiger partial charge in [0.2, 0.25) is 0 Å². The molecule has 2 rings (SSSR count). The second-order valence-electron chi connectivity index (χ2n) is 4.35. The van der Waals surface area contributed by atoms with E-state index in [2.05, 4.69) is 11.6 Å².